The number of ether oxygens (including phenoxy) is 1. The van der Waals surface area contributed by atoms with Crippen molar-refractivity contribution in [1.29, 1.82) is 0 Å². The average molecular weight is 368 g/mol. The Morgan fingerprint density at radius 1 is 1.08 bits per heavy atom. The van der Waals surface area contributed by atoms with E-state index >= 15 is 0 Å². The van der Waals surface area contributed by atoms with Gasteiger partial charge in [0, 0.05) is 24.7 Å². The monoisotopic (exact) mass is 368 g/mol. The van der Waals surface area contributed by atoms with Crippen molar-refractivity contribution in [1.82, 2.24) is 9.88 Å². The zero-order chi connectivity index (χ0) is 18.1. The van der Waals surface area contributed by atoms with Crippen LogP contribution in [-0.4, -0.2) is 44.5 Å². The lowest BCUT2D eigenvalue weighted by molar-refractivity contribution is 0.210. The molecule has 0 spiro atoms. The Kier molecular flexibility index (Phi) is 4.38. The molecule has 0 bridgehead atoms. The summed E-state index contributed by atoms with van der Waals surface area (Å²) in [6, 6.07) is 15.7. The van der Waals surface area contributed by atoms with Crippen molar-refractivity contribution >= 4 is 20.7 Å². The van der Waals surface area contributed by atoms with Crippen molar-refractivity contribution in [3.05, 3.63) is 60.8 Å². The van der Waals surface area contributed by atoms with E-state index in [2.05, 4.69) is 16.9 Å². The van der Waals surface area contributed by atoms with Crippen LogP contribution in [0, 0.1) is 0 Å². The van der Waals surface area contributed by atoms with Crippen LogP contribution in [0.15, 0.2) is 70.6 Å². The lowest BCUT2D eigenvalue weighted by atomic mass is 10.2. The molecule has 6 heteroatoms. The predicted molar refractivity (Wildman–Crippen MR) is 100 cm³/mol. The topological polar surface area (TPSA) is 59.5 Å². The van der Waals surface area contributed by atoms with Gasteiger partial charge in [-0.3, -0.25) is 4.98 Å². The van der Waals surface area contributed by atoms with Gasteiger partial charge in [0.15, 0.2) is 0 Å². The molecule has 2 heterocycles. The zero-order valence-electron chi connectivity index (χ0n) is 14.5. The SMILES string of the molecule is CN1CC[C@@H](Oc2cccc3cc(S(=O)(=O)c4ccccc4)cnc23)C1. The Hall–Kier alpha value is -2.44. The summed E-state index contributed by atoms with van der Waals surface area (Å²) in [5.74, 6) is 0.700. The summed E-state index contributed by atoms with van der Waals surface area (Å²) in [6.45, 7) is 1.90. The summed E-state index contributed by atoms with van der Waals surface area (Å²) in [7, 11) is -1.51. The molecule has 1 saturated heterocycles. The van der Waals surface area contributed by atoms with Gasteiger partial charge in [-0.15, -0.1) is 0 Å². The molecule has 0 amide bonds. The van der Waals surface area contributed by atoms with Crippen LogP contribution >= 0.6 is 0 Å². The Balaban J connectivity index is 1.70. The van der Waals surface area contributed by atoms with Crippen molar-refractivity contribution in [2.45, 2.75) is 22.3 Å². The summed E-state index contributed by atoms with van der Waals surface area (Å²) in [5, 5.41) is 0.755. The van der Waals surface area contributed by atoms with Gasteiger partial charge in [-0.1, -0.05) is 30.3 Å². The fraction of sp³-hybridized carbons (Fsp3) is 0.250. The summed E-state index contributed by atoms with van der Waals surface area (Å²) in [6.07, 6.45) is 2.53. The van der Waals surface area contributed by atoms with Crippen LogP contribution in [-0.2, 0) is 9.84 Å². The van der Waals surface area contributed by atoms with Crippen LogP contribution in [0.2, 0.25) is 0 Å². The first-order valence-corrected chi connectivity index (χ1v) is 10.1. The normalized spacial score (nSPS) is 18.3. The molecule has 5 nitrogen and oxygen atoms in total. The number of likely N-dealkylation sites (N-methyl/N-ethyl adjacent to an activating group) is 1. The van der Waals surface area contributed by atoms with Gasteiger partial charge < -0.3 is 9.64 Å². The third-order valence-corrected chi connectivity index (χ3v) is 6.39. The van der Waals surface area contributed by atoms with E-state index in [9.17, 15) is 8.42 Å². The van der Waals surface area contributed by atoms with E-state index in [-0.39, 0.29) is 15.9 Å². The zero-order valence-corrected chi connectivity index (χ0v) is 15.3. The van der Waals surface area contributed by atoms with Gasteiger partial charge in [-0.05, 0) is 37.7 Å². The molecule has 26 heavy (non-hydrogen) atoms. The van der Waals surface area contributed by atoms with Gasteiger partial charge in [0.1, 0.15) is 17.4 Å². The molecule has 1 fully saturated rings. The van der Waals surface area contributed by atoms with Gasteiger partial charge in [-0.25, -0.2) is 8.42 Å². The number of fused-ring (bicyclic) bond motifs is 1. The van der Waals surface area contributed by atoms with E-state index in [0.29, 0.717) is 11.3 Å². The molecule has 1 aliphatic rings. The largest absolute Gasteiger partial charge is 0.487 e. The minimum absolute atomic E-state index is 0.139. The van der Waals surface area contributed by atoms with Crippen LogP contribution in [0.5, 0.6) is 5.75 Å². The number of nitrogens with zero attached hydrogens (tertiary/aromatic N) is 2. The van der Waals surface area contributed by atoms with Gasteiger partial charge in [0.2, 0.25) is 9.84 Å². The van der Waals surface area contributed by atoms with Crippen LogP contribution in [0.4, 0.5) is 0 Å². The van der Waals surface area contributed by atoms with Crippen LogP contribution in [0.1, 0.15) is 6.42 Å². The maximum atomic E-state index is 12.8. The second-order valence-electron chi connectivity index (χ2n) is 6.61. The lowest BCUT2D eigenvalue weighted by Crippen LogP contribution is -2.21. The molecule has 0 unspecified atom stereocenters. The quantitative estimate of drug-likeness (QED) is 0.708. The van der Waals surface area contributed by atoms with Crippen LogP contribution < -0.4 is 4.74 Å². The molecule has 134 valence electrons. The first-order chi connectivity index (χ1) is 12.5. The Morgan fingerprint density at radius 2 is 1.88 bits per heavy atom. The number of hydrogen-bond acceptors (Lipinski definition) is 5. The highest BCUT2D eigenvalue weighted by molar-refractivity contribution is 7.91. The van der Waals surface area contributed by atoms with Gasteiger partial charge >= 0.3 is 0 Å². The third kappa shape index (κ3) is 3.18. The van der Waals surface area contributed by atoms with Gasteiger partial charge in [0.05, 0.1) is 9.79 Å². The van der Waals surface area contributed by atoms with Crippen molar-refractivity contribution < 1.29 is 13.2 Å². The molecular formula is C20H20N2O3S. The summed E-state index contributed by atoms with van der Waals surface area (Å²) < 4.78 is 31.7. The number of benzene rings is 2. The summed E-state index contributed by atoms with van der Waals surface area (Å²) in [4.78, 5) is 7.10. The Labute approximate surface area is 153 Å². The first-order valence-electron chi connectivity index (χ1n) is 8.58. The van der Waals surface area contributed by atoms with Crippen molar-refractivity contribution in [3.8, 4) is 5.75 Å². The number of likely N-dealkylation sites (tertiary alicyclic amines) is 1. The Bertz CT molecular complexity index is 1040. The van der Waals surface area contributed by atoms with Crippen LogP contribution in [0.25, 0.3) is 10.9 Å². The average Bonchev–Trinajstić information content (AvgIpc) is 3.07. The molecule has 0 aliphatic carbocycles. The molecule has 1 aliphatic heterocycles. The minimum atomic E-state index is -3.58. The summed E-state index contributed by atoms with van der Waals surface area (Å²) >= 11 is 0. The number of aromatic nitrogens is 1. The van der Waals surface area contributed by atoms with Crippen molar-refractivity contribution in [2.75, 3.05) is 20.1 Å². The molecule has 0 N–H and O–H groups in total. The maximum Gasteiger partial charge on any atom is 0.208 e. The van der Waals surface area contributed by atoms with E-state index in [1.165, 1.54) is 6.20 Å². The number of hydrogen-bond donors (Lipinski definition) is 0. The molecule has 1 aromatic heterocycles. The van der Waals surface area contributed by atoms with E-state index < -0.39 is 9.84 Å². The van der Waals surface area contributed by atoms with E-state index in [0.717, 1.165) is 24.9 Å². The molecule has 0 saturated carbocycles. The Morgan fingerprint density at radius 3 is 2.62 bits per heavy atom. The molecule has 2 aromatic carbocycles. The van der Waals surface area contributed by atoms with Crippen LogP contribution in [0.3, 0.4) is 0 Å². The third-order valence-electron chi connectivity index (χ3n) is 4.65. The minimum Gasteiger partial charge on any atom is -0.487 e. The standard InChI is InChI=1S/C20H20N2O3S/c1-22-11-10-16(14-22)25-19-9-5-6-15-12-18(13-21-20(15)19)26(23,24)17-7-3-2-4-8-17/h2-9,12-13,16H,10-11,14H2,1H3/t16-/m1/s1. The first kappa shape index (κ1) is 17.0. The highest BCUT2D eigenvalue weighted by Gasteiger charge is 2.23. The second kappa shape index (κ2) is 6.70. The highest BCUT2D eigenvalue weighted by atomic mass is 32.2. The maximum absolute atomic E-state index is 12.8. The van der Waals surface area contributed by atoms with Crippen molar-refractivity contribution in [2.24, 2.45) is 0 Å². The number of rotatable bonds is 4. The second-order valence-corrected chi connectivity index (χ2v) is 8.56. The molecule has 0 radical (unpaired) electrons. The van der Waals surface area contributed by atoms with Crippen molar-refractivity contribution in [3.63, 3.8) is 0 Å². The number of pyridine rings is 1. The number of sulfone groups is 1. The van der Waals surface area contributed by atoms with E-state index in [1.54, 1.807) is 36.4 Å². The molecular weight excluding hydrogens is 348 g/mol. The molecule has 4 rings (SSSR count). The number of para-hydroxylation sites is 1. The smallest absolute Gasteiger partial charge is 0.208 e. The van der Waals surface area contributed by atoms with Gasteiger partial charge in [-0.2, -0.15) is 0 Å². The molecule has 3 aromatic rings. The fourth-order valence-electron chi connectivity index (χ4n) is 3.26. The predicted octanol–water partition coefficient (Wildman–Crippen LogP) is 3.15. The van der Waals surface area contributed by atoms with E-state index in [4.69, 9.17) is 4.74 Å². The van der Waals surface area contributed by atoms with Gasteiger partial charge in [0.25, 0.3) is 0 Å². The van der Waals surface area contributed by atoms with E-state index in [1.807, 2.05) is 18.2 Å². The molecule has 1 atom stereocenters. The fourth-order valence-corrected chi connectivity index (χ4v) is 4.52. The highest BCUT2D eigenvalue weighted by Crippen LogP contribution is 2.29. The summed E-state index contributed by atoms with van der Waals surface area (Å²) in [5.41, 5.74) is 0.689. The lowest BCUT2D eigenvalue weighted by Gasteiger charge is -2.15.